The summed E-state index contributed by atoms with van der Waals surface area (Å²) < 4.78 is 12.3. The smallest absolute Gasteiger partial charge is 0.238 e. The van der Waals surface area contributed by atoms with E-state index in [0.29, 0.717) is 18.4 Å². The monoisotopic (exact) mass is 330 g/mol. The van der Waals surface area contributed by atoms with Gasteiger partial charge in [-0.3, -0.25) is 0 Å². The molecule has 0 aliphatic carbocycles. The van der Waals surface area contributed by atoms with Gasteiger partial charge in [-0.1, -0.05) is 11.3 Å². The molecule has 2 aromatic heterocycles. The van der Waals surface area contributed by atoms with Gasteiger partial charge in [0.05, 0.1) is 16.8 Å². The second-order valence-corrected chi connectivity index (χ2v) is 6.58. The molecule has 1 aliphatic heterocycles. The first-order chi connectivity index (χ1) is 11.2. The number of hydrogen-bond acceptors (Lipinski definition) is 7. The van der Waals surface area contributed by atoms with E-state index in [1.807, 2.05) is 26.0 Å². The van der Waals surface area contributed by atoms with Gasteiger partial charge in [-0.25, -0.2) is 4.98 Å². The van der Waals surface area contributed by atoms with Gasteiger partial charge in [-0.15, -0.1) is 10.2 Å². The first-order valence-electron chi connectivity index (χ1n) is 7.84. The highest BCUT2D eigenvalue weighted by Crippen LogP contribution is 2.39. The van der Waals surface area contributed by atoms with Gasteiger partial charge in [0, 0.05) is 13.5 Å². The zero-order valence-corrected chi connectivity index (χ0v) is 14.0. The summed E-state index contributed by atoms with van der Waals surface area (Å²) in [5.41, 5.74) is 1.00. The fourth-order valence-electron chi connectivity index (χ4n) is 2.97. The van der Waals surface area contributed by atoms with Crippen LogP contribution in [0.1, 0.15) is 37.6 Å². The van der Waals surface area contributed by atoms with Gasteiger partial charge in [0.2, 0.25) is 11.8 Å². The Morgan fingerprint density at radius 1 is 1.39 bits per heavy atom. The molecule has 120 valence electrons. The van der Waals surface area contributed by atoms with Crippen molar-refractivity contribution in [2.45, 2.75) is 32.7 Å². The largest absolute Gasteiger partial charge is 0.494 e. The highest BCUT2D eigenvalue weighted by Gasteiger charge is 2.32. The highest BCUT2D eigenvalue weighted by molar-refractivity contribution is 7.22. The lowest BCUT2D eigenvalue weighted by atomic mass is 10.2. The maximum absolute atomic E-state index is 5.64. The molecule has 1 aromatic carbocycles. The summed E-state index contributed by atoms with van der Waals surface area (Å²) in [6.07, 6.45) is 2.12. The Morgan fingerprint density at radius 2 is 2.30 bits per heavy atom. The van der Waals surface area contributed by atoms with Crippen LogP contribution in [-0.4, -0.2) is 28.3 Å². The van der Waals surface area contributed by atoms with Gasteiger partial charge >= 0.3 is 0 Å². The lowest BCUT2D eigenvalue weighted by Gasteiger charge is -2.20. The zero-order valence-electron chi connectivity index (χ0n) is 13.2. The Balaban J connectivity index is 1.67. The number of aryl methyl sites for hydroxylation is 1. The Morgan fingerprint density at radius 3 is 3.09 bits per heavy atom. The molecule has 0 amide bonds. The molecule has 3 heterocycles. The van der Waals surface area contributed by atoms with Crippen LogP contribution in [0, 0.1) is 6.92 Å². The summed E-state index contributed by atoms with van der Waals surface area (Å²) >= 11 is 1.68. The minimum absolute atomic E-state index is 0.128. The van der Waals surface area contributed by atoms with Crippen molar-refractivity contribution in [1.82, 2.24) is 15.2 Å². The van der Waals surface area contributed by atoms with Crippen LogP contribution in [0.15, 0.2) is 22.6 Å². The molecule has 0 spiro atoms. The van der Waals surface area contributed by atoms with E-state index in [4.69, 9.17) is 14.1 Å². The molecule has 0 radical (unpaired) electrons. The van der Waals surface area contributed by atoms with E-state index in [-0.39, 0.29) is 6.04 Å². The fourth-order valence-corrected chi connectivity index (χ4v) is 4.04. The molecule has 1 aliphatic rings. The van der Waals surface area contributed by atoms with Gasteiger partial charge in [0.25, 0.3) is 0 Å². The van der Waals surface area contributed by atoms with Gasteiger partial charge in [-0.2, -0.15) is 0 Å². The van der Waals surface area contributed by atoms with Gasteiger partial charge < -0.3 is 14.1 Å². The second-order valence-electron chi connectivity index (χ2n) is 5.57. The van der Waals surface area contributed by atoms with E-state index in [9.17, 15) is 0 Å². The average Bonchev–Trinajstić information content (AvgIpc) is 3.24. The predicted molar refractivity (Wildman–Crippen MR) is 89.1 cm³/mol. The predicted octanol–water partition coefficient (Wildman–Crippen LogP) is 3.73. The molecule has 1 unspecified atom stereocenters. The number of aromatic nitrogens is 3. The fraction of sp³-hybridized carbons (Fsp3) is 0.438. The van der Waals surface area contributed by atoms with E-state index in [1.165, 1.54) is 0 Å². The van der Waals surface area contributed by atoms with E-state index in [2.05, 4.69) is 21.2 Å². The van der Waals surface area contributed by atoms with Crippen molar-refractivity contribution in [3.05, 3.63) is 30.0 Å². The van der Waals surface area contributed by atoms with Crippen molar-refractivity contribution >= 4 is 26.7 Å². The summed E-state index contributed by atoms with van der Waals surface area (Å²) in [5.74, 6) is 2.19. The Hall–Kier alpha value is -2.15. The summed E-state index contributed by atoms with van der Waals surface area (Å²) in [7, 11) is 0. The lowest BCUT2D eigenvalue weighted by Crippen LogP contribution is -2.22. The molecule has 0 N–H and O–H groups in total. The number of benzene rings is 1. The Labute approximate surface area is 138 Å². The zero-order chi connectivity index (χ0) is 15.8. The Bertz CT molecular complexity index is 828. The standard InChI is InChI=1S/C16H18N4O2S/c1-3-21-11-6-7-12-14(9-11)23-16(17-12)20-8-4-5-13(20)15-19-18-10(2)22-15/h6-7,9,13H,3-5,8H2,1-2H3. The van der Waals surface area contributed by atoms with Gasteiger partial charge in [-0.05, 0) is 38.0 Å². The maximum Gasteiger partial charge on any atom is 0.238 e. The number of nitrogens with zero attached hydrogens (tertiary/aromatic N) is 4. The summed E-state index contributed by atoms with van der Waals surface area (Å²) in [6.45, 7) is 5.44. The minimum atomic E-state index is 0.128. The van der Waals surface area contributed by atoms with Crippen molar-refractivity contribution in [1.29, 1.82) is 0 Å². The maximum atomic E-state index is 5.64. The van der Waals surface area contributed by atoms with Crippen LogP contribution in [0.3, 0.4) is 0 Å². The molecule has 1 saturated heterocycles. The third-order valence-electron chi connectivity index (χ3n) is 3.98. The van der Waals surface area contributed by atoms with Crippen LogP contribution >= 0.6 is 11.3 Å². The molecule has 1 atom stereocenters. The molecule has 4 rings (SSSR count). The second kappa shape index (κ2) is 5.81. The third-order valence-corrected chi connectivity index (χ3v) is 5.04. The van der Waals surface area contributed by atoms with E-state index < -0.39 is 0 Å². The average molecular weight is 330 g/mol. The number of anilines is 1. The quantitative estimate of drug-likeness (QED) is 0.726. The molecule has 6 nitrogen and oxygen atoms in total. The normalized spacial score (nSPS) is 18.0. The highest BCUT2D eigenvalue weighted by atomic mass is 32.1. The molecule has 3 aromatic rings. The molecule has 7 heteroatoms. The minimum Gasteiger partial charge on any atom is -0.494 e. The van der Waals surface area contributed by atoms with Crippen molar-refractivity contribution in [3.8, 4) is 5.75 Å². The number of ether oxygens (including phenoxy) is 1. The molecular formula is C16H18N4O2S. The van der Waals surface area contributed by atoms with Crippen LogP contribution < -0.4 is 9.64 Å². The van der Waals surface area contributed by atoms with E-state index >= 15 is 0 Å². The molecular weight excluding hydrogens is 312 g/mol. The topological polar surface area (TPSA) is 64.3 Å². The SMILES string of the molecule is CCOc1ccc2nc(N3CCCC3c3nnc(C)o3)sc2c1. The van der Waals surface area contributed by atoms with Crippen molar-refractivity contribution < 1.29 is 9.15 Å². The Kier molecular flexibility index (Phi) is 3.65. The van der Waals surface area contributed by atoms with Crippen LogP contribution in [0.2, 0.25) is 0 Å². The lowest BCUT2D eigenvalue weighted by molar-refractivity contribution is 0.341. The van der Waals surface area contributed by atoms with Crippen LogP contribution in [0.25, 0.3) is 10.2 Å². The van der Waals surface area contributed by atoms with E-state index in [0.717, 1.165) is 40.5 Å². The molecule has 23 heavy (non-hydrogen) atoms. The molecule has 1 fully saturated rings. The third kappa shape index (κ3) is 2.65. The van der Waals surface area contributed by atoms with Crippen LogP contribution in [0.4, 0.5) is 5.13 Å². The van der Waals surface area contributed by atoms with Crippen molar-refractivity contribution in [2.24, 2.45) is 0 Å². The van der Waals surface area contributed by atoms with Crippen molar-refractivity contribution in [2.75, 3.05) is 18.1 Å². The number of rotatable bonds is 4. The summed E-state index contributed by atoms with van der Waals surface area (Å²) in [4.78, 5) is 7.05. The molecule has 0 bridgehead atoms. The first kappa shape index (κ1) is 14.4. The summed E-state index contributed by atoms with van der Waals surface area (Å²) in [6, 6.07) is 6.17. The molecule has 0 saturated carbocycles. The van der Waals surface area contributed by atoms with Crippen LogP contribution in [-0.2, 0) is 0 Å². The first-order valence-corrected chi connectivity index (χ1v) is 8.66. The van der Waals surface area contributed by atoms with Crippen LogP contribution in [0.5, 0.6) is 5.75 Å². The number of thiazole rings is 1. The number of fused-ring (bicyclic) bond motifs is 1. The van der Waals surface area contributed by atoms with Gasteiger partial charge in [0.15, 0.2) is 5.13 Å². The van der Waals surface area contributed by atoms with E-state index in [1.54, 1.807) is 11.3 Å². The number of hydrogen-bond donors (Lipinski definition) is 0. The van der Waals surface area contributed by atoms with Gasteiger partial charge in [0.1, 0.15) is 11.8 Å². The van der Waals surface area contributed by atoms with Crippen molar-refractivity contribution in [3.63, 3.8) is 0 Å². The summed E-state index contributed by atoms with van der Waals surface area (Å²) in [5, 5.41) is 9.16.